The zero-order valence-corrected chi connectivity index (χ0v) is 12.3. The van der Waals surface area contributed by atoms with Gasteiger partial charge in [0, 0.05) is 11.1 Å². The van der Waals surface area contributed by atoms with Crippen molar-refractivity contribution in [1.82, 2.24) is 4.98 Å². The van der Waals surface area contributed by atoms with Crippen molar-refractivity contribution < 1.29 is 8.42 Å². The van der Waals surface area contributed by atoms with Crippen molar-refractivity contribution in [2.24, 2.45) is 0 Å². The van der Waals surface area contributed by atoms with Crippen LogP contribution in [0.3, 0.4) is 0 Å². The van der Waals surface area contributed by atoms with E-state index in [1.807, 2.05) is 12.3 Å². The molecule has 0 saturated heterocycles. The summed E-state index contributed by atoms with van der Waals surface area (Å²) in [5.74, 6) is 0.193. The Labute approximate surface area is 117 Å². The minimum Gasteiger partial charge on any atom is -0.379 e. The fraction of sp³-hybridized carbons (Fsp3) is 0.308. The van der Waals surface area contributed by atoms with Crippen LogP contribution in [0.15, 0.2) is 40.1 Å². The minimum atomic E-state index is -3.12. The number of rotatable bonds is 6. The van der Waals surface area contributed by atoms with Crippen molar-refractivity contribution in [2.45, 2.75) is 24.8 Å². The molecule has 0 saturated carbocycles. The van der Waals surface area contributed by atoms with Crippen LogP contribution < -0.4 is 5.32 Å². The minimum absolute atomic E-state index is 0.193. The van der Waals surface area contributed by atoms with Crippen LogP contribution in [-0.2, 0) is 16.4 Å². The molecule has 0 aliphatic carbocycles. The van der Waals surface area contributed by atoms with Gasteiger partial charge in [-0.05, 0) is 30.7 Å². The lowest BCUT2D eigenvalue weighted by Crippen LogP contribution is -2.06. The topological polar surface area (TPSA) is 59.1 Å². The van der Waals surface area contributed by atoms with E-state index in [2.05, 4.69) is 10.3 Å². The van der Waals surface area contributed by atoms with Crippen LogP contribution in [0.1, 0.15) is 19.0 Å². The van der Waals surface area contributed by atoms with Crippen LogP contribution >= 0.6 is 11.3 Å². The van der Waals surface area contributed by atoms with Gasteiger partial charge in [-0.25, -0.2) is 13.4 Å². The van der Waals surface area contributed by atoms with Gasteiger partial charge in [0.2, 0.25) is 0 Å². The standard InChI is InChI=1S/C13H16N2O2S2/c1-2-7-19(16,17)13-5-3-11(4-6-13)14-8-12-9-18-10-15-12/h3-6,9-10,14H,2,7-8H2,1H3. The van der Waals surface area contributed by atoms with E-state index >= 15 is 0 Å². The van der Waals surface area contributed by atoms with E-state index < -0.39 is 9.84 Å². The first kappa shape index (κ1) is 14.0. The molecule has 0 spiro atoms. The highest BCUT2D eigenvalue weighted by molar-refractivity contribution is 7.91. The molecule has 6 heteroatoms. The monoisotopic (exact) mass is 296 g/mol. The van der Waals surface area contributed by atoms with Gasteiger partial charge in [-0.2, -0.15) is 0 Å². The predicted octanol–water partition coefficient (Wildman–Crippen LogP) is 2.94. The van der Waals surface area contributed by atoms with Crippen LogP contribution in [-0.4, -0.2) is 19.2 Å². The third kappa shape index (κ3) is 3.78. The third-order valence-corrected chi connectivity index (χ3v) is 5.21. The quantitative estimate of drug-likeness (QED) is 0.890. The average molecular weight is 296 g/mol. The van der Waals surface area contributed by atoms with Crippen LogP contribution in [0.2, 0.25) is 0 Å². The van der Waals surface area contributed by atoms with E-state index in [4.69, 9.17) is 0 Å². The summed E-state index contributed by atoms with van der Waals surface area (Å²) < 4.78 is 23.7. The number of anilines is 1. The van der Waals surface area contributed by atoms with Crippen molar-refractivity contribution in [2.75, 3.05) is 11.1 Å². The van der Waals surface area contributed by atoms with Gasteiger partial charge in [-0.15, -0.1) is 11.3 Å². The van der Waals surface area contributed by atoms with Gasteiger partial charge >= 0.3 is 0 Å². The molecule has 19 heavy (non-hydrogen) atoms. The zero-order valence-electron chi connectivity index (χ0n) is 10.7. The molecule has 0 atom stereocenters. The van der Waals surface area contributed by atoms with Crippen LogP contribution in [0.5, 0.6) is 0 Å². The molecule has 0 aliphatic heterocycles. The van der Waals surface area contributed by atoms with E-state index in [9.17, 15) is 8.42 Å². The number of benzene rings is 1. The first-order valence-corrected chi connectivity index (χ1v) is 8.65. The van der Waals surface area contributed by atoms with Crippen molar-refractivity contribution >= 4 is 26.9 Å². The summed E-state index contributed by atoms with van der Waals surface area (Å²) in [5.41, 5.74) is 3.66. The van der Waals surface area contributed by atoms with Crippen LogP contribution in [0.4, 0.5) is 5.69 Å². The molecule has 1 heterocycles. The van der Waals surface area contributed by atoms with Crippen LogP contribution in [0.25, 0.3) is 0 Å². The Hall–Kier alpha value is -1.40. The van der Waals surface area contributed by atoms with Crippen LogP contribution in [0, 0.1) is 0 Å². The molecule has 0 unspecified atom stereocenters. The Balaban J connectivity index is 2.02. The molecular formula is C13H16N2O2S2. The molecular weight excluding hydrogens is 280 g/mol. The zero-order chi connectivity index (χ0) is 13.7. The lowest BCUT2D eigenvalue weighted by molar-refractivity contribution is 0.595. The summed E-state index contributed by atoms with van der Waals surface area (Å²) in [6, 6.07) is 6.87. The maximum absolute atomic E-state index is 11.9. The normalized spacial score (nSPS) is 11.4. The summed E-state index contributed by atoms with van der Waals surface area (Å²) in [6.45, 7) is 2.51. The number of hydrogen-bond acceptors (Lipinski definition) is 5. The molecule has 102 valence electrons. The number of thiazole rings is 1. The first-order valence-electron chi connectivity index (χ1n) is 6.05. The highest BCUT2D eigenvalue weighted by atomic mass is 32.2. The Kier molecular flexibility index (Phi) is 4.55. The number of sulfone groups is 1. The highest BCUT2D eigenvalue weighted by Gasteiger charge is 2.12. The average Bonchev–Trinajstić information content (AvgIpc) is 2.90. The molecule has 0 amide bonds. The highest BCUT2D eigenvalue weighted by Crippen LogP contribution is 2.16. The fourth-order valence-corrected chi connectivity index (χ4v) is 3.57. The summed E-state index contributed by atoms with van der Waals surface area (Å²) in [5, 5.41) is 5.19. The first-order chi connectivity index (χ1) is 9.12. The summed E-state index contributed by atoms with van der Waals surface area (Å²) >= 11 is 1.56. The Morgan fingerprint density at radius 1 is 1.26 bits per heavy atom. The predicted molar refractivity (Wildman–Crippen MR) is 78.2 cm³/mol. The fourth-order valence-electron chi connectivity index (χ4n) is 1.68. The Morgan fingerprint density at radius 2 is 2.00 bits per heavy atom. The largest absolute Gasteiger partial charge is 0.379 e. The summed E-state index contributed by atoms with van der Waals surface area (Å²) in [6.07, 6.45) is 0.631. The molecule has 1 N–H and O–H groups in total. The molecule has 0 fully saturated rings. The second-order valence-corrected chi connectivity index (χ2v) is 7.00. The molecule has 0 aliphatic rings. The Morgan fingerprint density at radius 3 is 2.58 bits per heavy atom. The van der Waals surface area contributed by atoms with E-state index in [1.165, 1.54) is 0 Å². The molecule has 4 nitrogen and oxygen atoms in total. The lowest BCUT2D eigenvalue weighted by Gasteiger charge is -2.06. The van der Waals surface area contributed by atoms with Crippen molar-refractivity contribution in [3.05, 3.63) is 40.8 Å². The van der Waals surface area contributed by atoms with E-state index in [1.54, 1.807) is 41.1 Å². The Bertz CT molecular complexity index is 605. The smallest absolute Gasteiger partial charge is 0.178 e. The molecule has 1 aromatic carbocycles. The maximum atomic E-state index is 11.9. The molecule has 1 aromatic heterocycles. The second kappa shape index (κ2) is 6.16. The molecule has 2 aromatic rings. The van der Waals surface area contributed by atoms with Gasteiger partial charge < -0.3 is 5.32 Å². The van der Waals surface area contributed by atoms with Gasteiger partial charge in [-0.1, -0.05) is 6.92 Å². The van der Waals surface area contributed by atoms with E-state index in [0.29, 0.717) is 17.9 Å². The summed E-state index contributed by atoms with van der Waals surface area (Å²) in [4.78, 5) is 4.56. The number of aromatic nitrogens is 1. The number of nitrogens with one attached hydrogen (secondary N) is 1. The van der Waals surface area contributed by atoms with Crippen molar-refractivity contribution in [3.8, 4) is 0 Å². The SMILES string of the molecule is CCCS(=O)(=O)c1ccc(NCc2cscn2)cc1. The second-order valence-electron chi connectivity index (χ2n) is 4.18. The van der Waals surface area contributed by atoms with Gasteiger partial charge in [0.1, 0.15) is 0 Å². The van der Waals surface area contributed by atoms with Crippen molar-refractivity contribution in [1.29, 1.82) is 0 Å². The summed E-state index contributed by atoms with van der Waals surface area (Å²) in [7, 11) is -3.12. The maximum Gasteiger partial charge on any atom is 0.178 e. The van der Waals surface area contributed by atoms with Gasteiger partial charge in [0.25, 0.3) is 0 Å². The van der Waals surface area contributed by atoms with Gasteiger partial charge in [0.05, 0.1) is 28.4 Å². The van der Waals surface area contributed by atoms with Gasteiger partial charge in [-0.3, -0.25) is 0 Å². The molecule has 2 rings (SSSR count). The molecule has 0 bridgehead atoms. The van der Waals surface area contributed by atoms with E-state index in [0.717, 1.165) is 11.4 Å². The third-order valence-electron chi connectivity index (χ3n) is 2.64. The number of nitrogens with zero attached hydrogens (tertiary/aromatic N) is 1. The van der Waals surface area contributed by atoms with E-state index in [-0.39, 0.29) is 5.75 Å². The number of hydrogen-bond donors (Lipinski definition) is 1. The van der Waals surface area contributed by atoms with Crippen molar-refractivity contribution in [3.63, 3.8) is 0 Å². The lowest BCUT2D eigenvalue weighted by atomic mass is 10.3. The molecule has 0 radical (unpaired) electrons. The van der Waals surface area contributed by atoms with Gasteiger partial charge in [0.15, 0.2) is 9.84 Å².